The number of aryl methyl sites for hydroxylation is 1. The van der Waals surface area contributed by atoms with Crippen molar-refractivity contribution >= 4 is 23.4 Å². The summed E-state index contributed by atoms with van der Waals surface area (Å²) in [4.78, 5) is 18.7. The molecular weight excluding hydrogens is 320 g/mol. The molecule has 124 valence electrons. The zero-order chi connectivity index (χ0) is 16.8. The lowest BCUT2D eigenvalue weighted by atomic mass is 10.2. The zero-order valence-electron chi connectivity index (χ0n) is 13.6. The molecule has 1 atom stereocenters. The number of benzene rings is 1. The molecule has 0 spiro atoms. The van der Waals surface area contributed by atoms with Crippen LogP contribution >= 0.6 is 11.8 Å². The second kappa shape index (κ2) is 8.02. The Morgan fingerprint density at radius 2 is 2.12 bits per heavy atom. The van der Waals surface area contributed by atoms with Crippen LogP contribution in [0.5, 0.6) is 5.88 Å². The maximum atomic E-state index is 12.7. The number of ether oxygens (including phenoxy) is 1. The minimum absolute atomic E-state index is 0.0181. The summed E-state index contributed by atoms with van der Waals surface area (Å²) in [6.45, 7) is 2.62. The molecular formula is C19H20N2O2S. The van der Waals surface area contributed by atoms with E-state index in [1.807, 2.05) is 43.3 Å². The molecule has 0 aliphatic carbocycles. The van der Waals surface area contributed by atoms with Gasteiger partial charge in [0.2, 0.25) is 5.88 Å². The molecule has 0 radical (unpaired) electrons. The first-order chi connectivity index (χ1) is 11.7. The van der Waals surface area contributed by atoms with Crippen molar-refractivity contribution in [3.8, 4) is 5.88 Å². The van der Waals surface area contributed by atoms with Crippen LogP contribution in [0.3, 0.4) is 0 Å². The summed E-state index contributed by atoms with van der Waals surface area (Å²) in [5.74, 6) is 0.412. The van der Waals surface area contributed by atoms with Crippen molar-refractivity contribution < 1.29 is 9.53 Å². The lowest BCUT2D eigenvalue weighted by Crippen LogP contribution is -2.39. The van der Waals surface area contributed by atoms with E-state index in [1.165, 1.54) is 0 Å². The van der Waals surface area contributed by atoms with Crippen LogP contribution in [0, 0.1) is 6.92 Å². The number of pyridine rings is 1. The summed E-state index contributed by atoms with van der Waals surface area (Å²) in [7, 11) is 0. The fourth-order valence-corrected chi connectivity index (χ4v) is 3.36. The number of anilines is 1. The van der Waals surface area contributed by atoms with Gasteiger partial charge in [-0.3, -0.25) is 4.79 Å². The highest BCUT2D eigenvalue weighted by Crippen LogP contribution is 2.26. The van der Waals surface area contributed by atoms with Gasteiger partial charge in [0.05, 0.1) is 0 Å². The first-order valence-corrected chi connectivity index (χ1v) is 8.88. The number of hydrogen-bond donors (Lipinski definition) is 0. The van der Waals surface area contributed by atoms with Gasteiger partial charge in [-0.2, -0.15) is 0 Å². The van der Waals surface area contributed by atoms with Crippen LogP contribution < -0.4 is 9.64 Å². The standard InChI is InChI=1S/C19H20N2O2S/c1-15-9-10-18(20-12-15)23-14-19(22)21(13-17-8-5-11-24-17)16-6-3-2-4-7-16/h2-7,9-12,17H,8,13-14H2,1H3. The van der Waals surface area contributed by atoms with E-state index in [-0.39, 0.29) is 12.5 Å². The molecule has 1 unspecified atom stereocenters. The average Bonchev–Trinajstić information content (AvgIpc) is 3.13. The van der Waals surface area contributed by atoms with Gasteiger partial charge in [-0.15, -0.1) is 11.8 Å². The number of nitrogens with zero attached hydrogens (tertiary/aromatic N) is 2. The van der Waals surface area contributed by atoms with E-state index in [4.69, 9.17) is 4.74 Å². The monoisotopic (exact) mass is 340 g/mol. The molecule has 1 amide bonds. The summed E-state index contributed by atoms with van der Waals surface area (Å²) in [6.07, 6.45) is 4.87. The third kappa shape index (κ3) is 4.38. The molecule has 2 heterocycles. The van der Waals surface area contributed by atoms with Gasteiger partial charge in [0.1, 0.15) is 0 Å². The summed E-state index contributed by atoms with van der Waals surface area (Å²) in [6, 6.07) is 13.4. The predicted molar refractivity (Wildman–Crippen MR) is 98.4 cm³/mol. The Bertz CT molecular complexity index is 693. The molecule has 3 rings (SSSR count). The Morgan fingerprint density at radius 1 is 1.29 bits per heavy atom. The van der Waals surface area contributed by atoms with Crippen LogP contribution in [0.2, 0.25) is 0 Å². The van der Waals surface area contributed by atoms with Crippen LogP contribution in [-0.2, 0) is 4.79 Å². The van der Waals surface area contributed by atoms with Gasteiger partial charge in [-0.1, -0.05) is 30.3 Å². The van der Waals surface area contributed by atoms with E-state index < -0.39 is 0 Å². The highest BCUT2D eigenvalue weighted by molar-refractivity contribution is 8.03. The van der Waals surface area contributed by atoms with E-state index in [1.54, 1.807) is 28.9 Å². The molecule has 0 fully saturated rings. The average molecular weight is 340 g/mol. The van der Waals surface area contributed by atoms with E-state index >= 15 is 0 Å². The van der Waals surface area contributed by atoms with Gasteiger partial charge in [-0.05, 0) is 36.4 Å². The quantitative estimate of drug-likeness (QED) is 0.802. The van der Waals surface area contributed by atoms with Gasteiger partial charge in [0, 0.05) is 29.7 Å². The van der Waals surface area contributed by atoms with Crippen molar-refractivity contribution in [3.63, 3.8) is 0 Å². The van der Waals surface area contributed by atoms with E-state index in [2.05, 4.69) is 16.5 Å². The Morgan fingerprint density at radius 3 is 2.79 bits per heavy atom. The van der Waals surface area contributed by atoms with Gasteiger partial charge in [0.25, 0.3) is 5.91 Å². The number of carbonyl (C=O) groups is 1. The minimum atomic E-state index is -0.0592. The number of aromatic nitrogens is 1. The number of amides is 1. The third-order valence-electron chi connectivity index (χ3n) is 3.75. The normalized spacial score (nSPS) is 16.1. The molecule has 0 saturated heterocycles. The number of rotatable bonds is 6. The molecule has 4 nitrogen and oxygen atoms in total. The maximum Gasteiger partial charge on any atom is 0.265 e. The molecule has 5 heteroatoms. The number of para-hydroxylation sites is 1. The molecule has 1 aliphatic heterocycles. The second-order valence-electron chi connectivity index (χ2n) is 5.67. The number of carbonyl (C=O) groups excluding carboxylic acids is 1. The van der Waals surface area contributed by atoms with Crippen LogP contribution in [-0.4, -0.2) is 29.3 Å². The molecule has 2 aromatic rings. The van der Waals surface area contributed by atoms with E-state index in [0.717, 1.165) is 17.7 Å². The number of thioether (sulfide) groups is 1. The van der Waals surface area contributed by atoms with Crippen molar-refractivity contribution in [1.29, 1.82) is 0 Å². The van der Waals surface area contributed by atoms with Crippen molar-refractivity contribution in [2.45, 2.75) is 18.6 Å². The first-order valence-electron chi connectivity index (χ1n) is 7.94. The maximum absolute atomic E-state index is 12.7. The smallest absolute Gasteiger partial charge is 0.265 e. The summed E-state index contributed by atoms with van der Waals surface area (Å²) in [5, 5.41) is 2.50. The van der Waals surface area contributed by atoms with Crippen molar-refractivity contribution in [2.24, 2.45) is 0 Å². The molecule has 0 bridgehead atoms. The zero-order valence-corrected chi connectivity index (χ0v) is 14.4. The van der Waals surface area contributed by atoms with Gasteiger partial charge in [-0.25, -0.2) is 4.98 Å². The minimum Gasteiger partial charge on any atom is -0.468 e. The number of allylic oxidation sites excluding steroid dienone is 1. The topological polar surface area (TPSA) is 42.4 Å². The second-order valence-corrected chi connectivity index (χ2v) is 6.88. The molecule has 24 heavy (non-hydrogen) atoms. The molecule has 1 aliphatic rings. The van der Waals surface area contributed by atoms with Gasteiger partial charge >= 0.3 is 0 Å². The third-order valence-corrected chi connectivity index (χ3v) is 4.83. The largest absolute Gasteiger partial charge is 0.468 e. The SMILES string of the molecule is Cc1ccc(OCC(=O)N(CC2CC=CS2)c2ccccc2)nc1. The molecule has 1 aromatic heterocycles. The van der Waals surface area contributed by atoms with Crippen LogP contribution in [0.1, 0.15) is 12.0 Å². The Balaban J connectivity index is 1.67. The van der Waals surface area contributed by atoms with Crippen molar-refractivity contribution in [2.75, 3.05) is 18.1 Å². The fourth-order valence-electron chi connectivity index (χ4n) is 2.46. The van der Waals surface area contributed by atoms with Crippen molar-refractivity contribution in [3.05, 3.63) is 65.7 Å². The fraction of sp³-hybridized carbons (Fsp3) is 0.263. The Kier molecular flexibility index (Phi) is 5.54. The van der Waals surface area contributed by atoms with Gasteiger partial charge in [0.15, 0.2) is 6.61 Å². The van der Waals surface area contributed by atoms with Crippen LogP contribution in [0.4, 0.5) is 5.69 Å². The summed E-state index contributed by atoms with van der Waals surface area (Å²) < 4.78 is 5.56. The highest BCUT2D eigenvalue weighted by atomic mass is 32.2. The molecule has 1 aromatic carbocycles. The Labute approximate surface area is 146 Å². The lowest BCUT2D eigenvalue weighted by molar-refractivity contribution is -0.120. The summed E-state index contributed by atoms with van der Waals surface area (Å²) >= 11 is 1.77. The highest BCUT2D eigenvalue weighted by Gasteiger charge is 2.22. The van der Waals surface area contributed by atoms with Crippen LogP contribution in [0.25, 0.3) is 0 Å². The molecule has 0 N–H and O–H groups in total. The van der Waals surface area contributed by atoms with E-state index in [0.29, 0.717) is 17.7 Å². The number of hydrogen-bond acceptors (Lipinski definition) is 4. The summed E-state index contributed by atoms with van der Waals surface area (Å²) in [5.41, 5.74) is 1.96. The first kappa shape index (κ1) is 16.6. The van der Waals surface area contributed by atoms with Crippen molar-refractivity contribution in [1.82, 2.24) is 4.98 Å². The predicted octanol–water partition coefficient (Wildman–Crippen LogP) is 3.82. The van der Waals surface area contributed by atoms with Gasteiger partial charge < -0.3 is 9.64 Å². The molecule has 0 saturated carbocycles. The van der Waals surface area contributed by atoms with Crippen LogP contribution in [0.15, 0.2) is 60.1 Å². The lowest BCUT2D eigenvalue weighted by Gasteiger charge is -2.25. The Hall–Kier alpha value is -2.27. The van der Waals surface area contributed by atoms with E-state index in [9.17, 15) is 4.79 Å².